The molecule has 0 aliphatic carbocycles. The Balaban J connectivity index is 1.66. The first-order valence-electron chi connectivity index (χ1n) is 8.03. The van der Waals surface area contributed by atoms with Gasteiger partial charge < -0.3 is 9.73 Å². The molecule has 1 N–H and O–H groups in total. The Morgan fingerprint density at radius 2 is 1.57 bits per heavy atom. The van der Waals surface area contributed by atoms with Gasteiger partial charge in [-0.1, -0.05) is 46.4 Å². The third-order valence-electron chi connectivity index (χ3n) is 3.98. The standard InChI is InChI=1S/C20H10Cl4N2O2/c21-10-1-4-15(23)13(7-10)19(27)25-12-3-6-18-17(9-12)26-20(28-18)14-8-11(22)2-5-16(14)24/h1-9H,(H,25,27). The number of nitrogens with zero attached hydrogens (tertiary/aromatic N) is 1. The van der Waals surface area contributed by atoms with Crippen molar-refractivity contribution in [2.24, 2.45) is 0 Å². The first kappa shape index (κ1) is 19.1. The van der Waals surface area contributed by atoms with Crippen molar-refractivity contribution in [3.8, 4) is 11.5 Å². The first-order valence-corrected chi connectivity index (χ1v) is 9.54. The fourth-order valence-corrected chi connectivity index (χ4v) is 3.40. The van der Waals surface area contributed by atoms with Crippen LogP contribution in [0.15, 0.2) is 59.0 Å². The van der Waals surface area contributed by atoms with E-state index in [0.29, 0.717) is 48.3 Å². The van der Waals surface area contributed by atoms with E-state index in [1.165, 1.54) is 6.07 Å². The number of hydrogen-bond donors (Lipinski definition) is 1. The van der Waals surface area contributed by atoms with Crippen molar-refractivity contribution in [1.82, 2.24) is 4.98 Å². The van der Waals surface area contributed by atoms with Crippen LogP contribution < -0.4 is 5.32 Å². The third kappa shape index (κ3) is 3.82. The average molecular weight is 452 g/mol. The number of halogens is 4. The number of benzene rings is 3. The Kier molecular flexibility index (Phi) is 5.21. The molecule has 4 rings (SSSR count). The summed E-state index contributed by atoms with van der Waals surface area (Å²) in [6.07, 6.45) is 0. The van der Waals surface area contributed by atoms with E-state index in [9.17, 15) is 4.79 Å². The van der Waals surface area contributed by atoms with Gasteiger partial charge in [0, 0.05) is 15.7 Å². The molecule has 4 nitrogen and oxygen atoms in total. The van der Waals surface area contributed by atoms with Crippen LogP contribution in [0.4, 0.5) is 5.69 Å². The summed E-state index contributed by atoms with van der Waals surface area (Å²) in [5.74, 6) is -0.0442. The lowest BCUT2D eigenvalue weighted by molar-refractivity contribution is 0.102. The minimum Gasteiger partial charge on any atom is -0.436 e. The number of carbonyl (C=O) groups excluding carboxylic acids is 1. The van der Waals surface area contributed by atoms with Crippen LogP contribution in [0.5, 0.6) is 0 Å². The molecule has 0 unspecified atom stereocenters. The Morgan fingerprint density at radius 3 is 2.36 bits per heavy atom. The zero-order chi connectivity index (χ0) is 19.8. The summed E-state index contributed by atoms with van der Waals surface area (Å²) in [5, 5.41) is 4.50. The van der Waals surface area contributed by atoms with Crippen LogP contribution in [0, 0.1) is 0 Å². The van der Waals surface area contributed by atoms with Crippen LogP contribution in [-0.4, -0.2) is 10.9 Å². The predicted octanol–water partition coefficient (Wildman–Crippen LogP) is 7.36. The fraction of sp³-hybridized carbons (Fsp3) is 0. The highest BCUT2D eigenvalue weighted by Crippen LogP contribution is 2.33. The Bertz CT molecular complexity index is 1220. The zero-order valence-corrected chi connectivity index (χ0v) is 17.0. The Labute approximate surface area is 180 Å². The second-order valence-corrected chi connectivity index (χ2v) is 7.59. The highest BCUT2D eigenvalue weighted by atomic mass is 35.5. The molecule has 0 radical (unpaired) electrons. The van der Waals surface area contributed by atoms with Crippen molar-refractivity contribution in [1.29, 1.82) is 0 Å². The second-order valence-electron chi connectivity index (χ2n) is 5.90. The molecule has 0 spiro atoms. The molecule has 4 aromatic rings. The summed E-state index contributed by atoms with van der Waals surface area (Å²) in [4.78, 5) is 17.0. The largest absolute Gasteiger partial charge is 0.436 e. The number of nitrogens with one attached hydrogen (secondary N) is 1. The van der Waals surface area contributed by atoms with Crippen molar-refractivity contribution in [2.75, 3.05) is 5.32 Å². The average Bonchev–Trinajstić information content (AvgIpc) is 3.08. The summed E-state index contributed by atoms with van der Waals surface area (Å²) in [5.41, 5.74) is 2.50. The van der Waals surface area contributed by atoms with Crippen LogP contribution in [0.3, 0.4) is 0 Å². The Hall–Kier alpha value is -2.24. The maximum Gasteiger partial charge on any atom is 0.257 e. The van der Waals surface area contributed by atoms with Gasteiger partial charge in [0.2, 0.25) is 5.89 Å². The summed E-state index contributed by atoms with van der Waals surface area (Å²) in [6, 6.07) is 14.8. The molecular formula is C20H10Cl4N2O2. The van der Waals surface area contributed by atoms with Crippen molar-refractivity contribution in [3.05, 3.63) is 80.3 Å². The first-order chi connectivity index (χ1) is 13.4. The number of rotatable bonds is 3. The number of hydrogen-bond acceptors (Lipinski definition) is 3. The van der Waals surface area contributed by atoms with Gasteiger partial charge in [-0.2, -0.15) is 0 Å². The lowest BCUT2D eigenvalue weighted by Gasteiger charge is -2.07. The smallest absolute Gasteiger partial charge is 0.257 e. The molecule has 0 aliphatic rings. The van der Waals surface area contributed by atoms with Crippen LogP contribution in [0.2, 0.25) is 20.1 Å². The molecule has 0 fully saturated rings. The van der Waals surface area contributed by atoms with Crippen LogP contribution in [0.25, 0.3) is 22.6 Å². The van der Waals surface area contributed by atoms with Crippen molar-refractivity contribution >= 4 is 69.1 Å². The third-order valence-corrected chi connectivity index (χ3v) is 5.11. The molecular weight excluding hydrogens is 442 g/mol. The summed E-state index contributed by atoms with van der Waals surface area (Å²) in [6.45, 7) is 0. The van der Waals surface area contributed by atoms with Crippen LogP contribution in [0.1, 0.15) is 10.4 Å². The molecule has 0 aliphatic heterocycles. The van der Waals surface area contributed by atoms with Gasteiger partial charge in [0.15, 0.2) is 5.58 Å². The molecule has 140 valence electrons. The number of amides is 1. The molecule has 8 heteroatoms. The molecule has 0 atom stereocenters. The molecule has 1 amide bonds. The zero-order valence-electron chi connectivity index (χ0n) is 14.0. The van der Waals surface area contributed by atoms with Gasteiger partial charge in [-0.05, 0) is 54.6 Å². The van der Waals surface area contributed by atoms with Crippen molar-refractivity contribution in [2.45, 2.75) is 0 Å². The van der Waals surface area contributed by atoms with E-state index in [2.05, 4.69) is 10.3 Å². The quantitative estimate of drug-likeness (QED) is 0.354. The summed E-state index contributed by atoms with van der Waals surface area (Å²) in [7, 11) is 0. The molecule has 1 heterocycles. The molecule has 0 bridgehead atoms. The number of carbonyl (C=O) groups is 1. The second kappa shape index (κ2) is 7.64. The van der Waals surface area contributed by atoms with E-state index in [1.54, 1.807) is 48.5 Å². The molecule has 28 heavy (non-hydrogen) atoms. The van der Waals surface area contributed by atoms with Crippen LogP contribution >= 0.6 is 46.4 Å². The highest BCUT2D eigenvalue weighted by Gasteiger charge is 2.15. The van der Waals surface area contributed by atoms with Gasteiger partial charge in [-0.3, -0.25) is 4.79 Å². The molecule has 0 saturated carbocycles. The van der Waals surface area contributed by atoms with E-state index in [4.69, 9.17) is 50.8 Å². The topological polar surface area (TPSA) is 55.1 Å². The SMILES string of the molecule is O=C(Nc1ccc2oc(-c3cc(Cl)ccc3Cl)nc2c1)c1cc(Cl)ccc1Cl. The van der Waals surface area contributed by atoms with Gasteiger partial charge >= 0.3 is 0 Å². The lowest BCUT2D eigenvalue weighted by Crippen LogP contribution is -2.12. The summed E-state index contributed by atoms with van der Waals surface area (Å²) < 4.78 is 5.76. The normalized spacial score (nSPS) is 11.0. The van der Waals surface area contributed by atoms with E-state index >= 15 is 0 Å². The van der Waals surface area contributed by atoms with Gasteiger partial charge in [-0.15, -0.1) is 0 Å². The van der Waals surface area contributed by atoms with E-state index in [-0.39, 0.29) is 11.5 Å². The van der Waals surface area contributed by atoms with Crippen molar-refractivity contribution in [3.63, 3.8) is 0 Å². The maximum atomic E-state index is 12.5. The fourth-order valence-electron chi connectivity index (χ4n) is 2.65. The lowest BCUT2D eigenvalue weighted by atomic mass is 10.2. The minimum absolute atomic E-state index is 0.279. The number of anilines is 1. The molecule has 1 aromatic heterocycles. The summed E-state index contributed by atoms with van der Waals surface area (Å²) >= 11 is 24.3. The minimum atomic E-state index is -0.381. The van der Waals surface area contributed by atoms with Crippen LogP contribution in [-0.2, 0) is 0 Å². The van der Waals surface area contributed by atoms with Gasteiger partial charge in [-0.25, -0.2) is 4.98 Å². The predicted molar refractivity (Wildman–Crippen MR) is 114 cm³/mol. The Morgan fingerprint density at radius 1 is 0.857 bits per heavy atom. The van der Waals surface area contributed by atoms with Gasteiger partial charge in [0.25, 0.3) is 5.91 Å². The maximum absolute atomic E-state index is 12.5. The number of aromatic nitrogens is 1. The van der Waals surface area contributed by atoms with E-state index < -0.39 is 0 Å². The van der Waals surface area contributed by atoms with E-state index in [1.807, 2.05) is 0 Å². The molecule has 0 saturated heterocycles. The van der Waals surface area contributed by atoms with E-state index in [0.717, 1.165) is 0 Å². The van der Waals surface area contributed by atoms with Crippen molar-refractivity contribution < 1.29 is 9.21 Å². The molecule has 3 aromatic carbocycles. The van der Waals surface area contributed by atoms with Gasteiger partial charge in [0.05, 0.1) is 21.2 Å². The number of oxazole rings is 1. The number of fused-ring (bicyclic) bond motifs is 1. The van der Waals surface area contributed by atoms with Gasteiger partial charge in [0.1, 0.15) is 5.52 Å². The monoisotopic (exact) mass is 450 g/mol. The highest BCUT2D eigenvalue weighted by molar-refractivity contribution is 6.36.